The third-order valence-electron chi connectivity index (χ3n) is 3.91. The molecule has 0 saturated heterocycles. The second-order valence-corrected chi connectivity index (χ2v) is 6.26. The zero-order valence-corrected chi connectivity index (χ0v) is 14.8. The van der Waals surface area contributed by atoms with Crippen LogP contribution in [0.4, 0.5) is 24.7 Å². The molecular weight excluding hydrogens is 391 g/mol. The summed E-state index contributed by atoms with van der Waals surface area (Å²) in [4.78, 5) is 39.5. The van der Waals surface area contributed by atoms with Crippen molar-refractivity contribution < 1.29 is 27.6 Å². The molecule has 0 atom stereocenters. The fourth-order valence-electron chi connectivity index (χ4n) is 2.31. The molecular formula is C18H16F3N5O3. The quantitative estimate of drug-likeness (QED) is 0.457. The van der Waals surface area contributed by atoms with E-state index in [2.05, 4.69) is 21.0 Å². The molecule has 152 valence electrons. The highest BCUT2D eigenvalue weighted by Gasteiger charge is 2.30. The van der Waals surface area contributed by atoms with Crippen molar-refractivity contribution in [1.82, 2.24) is 21.2 Å². The molecule has 0 spiro atoms. The van der Waals surface area contributed by atoms with E-state index in [0.29, 0.717) is 0 Å². The Morgan fingerprint density at radius 1 is 1.00 bits per heavy atom. The first-order valence-electron chi connectivity index (χ1n) is 8.54. The molecule has 0 bridgehead atoms. The summed E-state index contributed by atoms with van der Waals surface area (Å²) >= 11 is 0. The minimum absolute atomic E-state index is 0.0226. The number of alkyl halides is 3. The molecule has 1 aromatic carbocycles. The third kappa shape index (κ3) is 5.43. The van der Waals surface area contributed by atoms with Crippen molar-refractivity contribution in [2.75, 3.05) is 5.32 Å². The molecule has 1 aliphatic carbocycles. The summed E-state index contributed by atoms with van der Waals surface area (Å²) < 4.78 is 38.6. The van der Waals surface area contributed by atoms with Gasteiger partial charge in [0.05, 0.1) is 11.1 Å². The van der Waals surface area contributed by atoms with Crippen LogP contribution < -0.4 is 21.5 Å². The number of nitrogens with one attached hydrogen (secondary N) is 4. The van der Waals surface area contributed by atoms with E-state index in [1.165, 1.54) is 30.5 Å². The van der Waals surface area contributed by atoms with Crippen LogP contribution in [0.5, 0.6) is 0 Å². The van der Waals surface area contributed by atoms with Crippen LogP contribution in [0.15, 0.2) is 42.6 Å². The number of benzene rings is 1. The van der Waals surface area contributed by atoms with Gasteiger partial charge in [0.25, 0.3) is 5.91 Å². The Kier molecular flexibility index (Phi) is 5.66. The van der Waals surface area contributed by atoms with Crippen LogP contribution in [0.1, 0.15) is 28.8 Å². The maximum atomic E-state index is 12.9. The zero-order chi connectivity index (χ0) is 21.0. The molecule has 1 fully saturated rings. The summed E-state index contributed by atoms with van der Waals surface area (Å²) in [6.07, 6.45) is -1.58. The molecule has 0 unspecified atom stereocenters. The number of carbonyl (C=O) groups excluding carboxylic acids is 3. The van der Waals surface area contributed by atoms with E-state index in [-0.39, 0.29) is 23.1 Å². The lowest BCUT2D eigenvalue weighted by Gasteiger charge is -2.13. The standard InChI is InChI=1S/C18H16F3N5O3/c19-18(20,21)10-3-1-4-12(9-10)23-14-13(5-2-8-22-14)15(27)25-26-17(29)16(28)24-11-6-7-11/h1-5,8-9,11H,6-7H2,(H,22,23)(H,24,28)(H,25,27)(H,26,29). The van der Waals surface area contributed by atoms with Crippen LogP contribution in [0.25, 0.3) is 0 Å². The number of pyridine rings is 1. The fraction of sp³-hybridized carbons (Fsp3) is 0.222. The zero-order valence-electron chi connectivity index (χ0n) is 14.8. The molecule has 29 heavy (non-hydrogen) atoms. The van der Waals surface area contributed by atoms with Gasteiger partial charge in [0.2, 0.25) is 0 Å². The van der Waals surface area contributed by atoms with Gasteiger partial charge in [-0.25, -0.2) is 4.98 Å². The molecule has 4 N–H and O–H groups in total. The highest BCUT2D eigenvalue weighted by molar-refractivity contribution is 6.35. The topological polar surface area (TPSA) is 112 Å². The molecule has 1 aromatic heterocycles. The Balaban J connectivity index is 1.67. The predicted molar refractivity (Wildman–Crippen MR) is 95.7 cm³/mol. The Morgan fingerprint density at radius 3 is 2.45 bits per heavy atom. The van der Waals surface area contributed by atoms with Crippen LogP contribution in [-0.4, -0.2) is 28.7 Å². The Bertz CT molecular complexity index is 944. The van der Waals surface area contributed by atoms with Gasteiger partial charge in [0.1, 0.15) is 5.82 Å². The summed E-state index contributed by atoms with van der Waals surface area (Å²) in [5.41, 5.74) is 3.21. The number of hydrogen-bond acceptors (Lipinski definition) is 5. The lowest BCUT2D eigenvalue weighted by atomic mass is 10.2. The van der Waals surface area contributed by atoms with Crippen LogP contribution in [0.3, 0.4) is 0 Å². The average molecular weight is 407 g/mol. The van der Waals surface area contributed by atoms with E-state index in [1.807, 2.05) is 5.43 Å². The number of aromatic nitrogens is 1. The summed E-state index contributed by atoms with van der Waals surface area (Å²) in [5, 5.41) is 5.11. The molecule has 11 heteroatoms. The second kappa shape index (κ2) is 8.17. The number of nitrogens with zero attached hydrogens (tertiary/aromatic N) is 1. The number of amides is 3. The Hall–Kier alpha value is -3.63. The fourth-order valence-corrected chi connectivity index (χ4v) is 2.31. The van der Waals surface area contributed by atoms with E-state index in [4.69, 9.17) is 0 Å². The van der Waals surface area contributed by atoms with Gasteiger partial charge in [0.15, 0.2) is 0 Å². The van der Waals surface area contributed by atoms with Crippen molar-refractivity contribution in [2.24, 2.45) is 0 Å². The van der Waals surface area contributed by atoms with Crippen LogP contribution in [0, 0.1) is 0 Å². The minimum Gasteiger partial charge on any atom is -0.345 e. The molecule has 1 heterocycles. The first-order chi connectivity index (χ1) is 13.7. The predicted octanol–water partition coefficient (Wildman–Crippen LogP) is 1.88. The summed E-state index contributed by atoms with van der Waals surface area (Å²) in [6.45, 7) is 0. The van der Waals surface area contributed by atoms with Gasteiger partial charge in [-0.15, -0.1) is 0 Å². The summed E-state index contributed by atoms with van der Waals surface area (Å²) in [7, 11) is 0. The van der Waals surface area contributed by atoms with E-state index < -0.39 is 29.5 Å². The molecule has 1 saturated carbocycles. The van der Waals surface area contributed by atoms with E-state index in [0.717, 1.165) is 25.0 Å². The van der Waals surface area contributed by atoms with Crippen molar-refractivity contribution in [2.45, 2.75) is 25.1 Å². The van der Waals surface area contributed by atoms with E-state index >= 15 is 0 Å². The molecule has 3 amide bonds. The summed E-state index contributed by atoms with van der Waals surface area (Å²) in [5.74, 6) is -2.75. The third-order valence-corrected chi connectivity index (χ3v) is 3.91. The minimum atomic E-state index is -4.52. The molecule has 1 aliphatic rings. The molecule has 0 aliphatic heterocycles. The van der Waals surface area contributed by atoms with Gasteiger partial charge >= 0.3 is 18.0 Å². The first kappa shape index (κ1) is 20.1. The highest BCUT2D eigenvalue weighted by Crippen LogP contribution is 2.31. The molecule has 0 radical (unpaired) electrons. The lowest BCUT2D eigenvalue weighted by Crippen LogP contribution is -2.49. The Labute approximate surface area is 162 Å². The normalized spacial score (nSPS) is 13.3. The number of halogens is 3. The van der Waals surface area contributed by atoms with Gasteiger partial charge in [-0.05, 0) is 43.2 Å². The lowest BCUT2D eigenvalue weighted by molar-refractivity contribution is -0.139. The maximum absolute atomic E-state index is 12.9. The van der Waals surface area contributed by atoms with Crippen LogP contribution in [-0.2, 0) is 15.8 Å². The van der Waals surface area contributed by atoms with Gasteiger partial charge in [-0.2, -0.15) is 13.2 Å². The number of rotatable bonds is 4. The van der Waals surface area contributed by atoms with Crippen molar-refractivity contribution in [3.05, 3.63) is 53.7 Å². The number of anilines is 2. The average Bonchev–Trinajstić information content (AvgIpc) is 3.49. The number of carbonyl (C=O) groups is 3. The second-order valence-electron chi connectivity index (χ2n) is 6.26. The van der Waals surface area contributed by atoms with Crippen LogP contribution in [0.2, 0.25) is 0 Å². The number of hydrazine groups is 1. The maximum Gasteiger partial charge on any atom is 0.416 e. The van der Waals surface area contributed by atoms with E-state index in [1.54, 1.807) is 0 Å². The van der Waals surface area contributed by atoms with E-state index in [9.17, 15) is 27.6 Å². The molecule has 2 aromatic rings. The first-order valence-corrected chi connectivity index (χ1v) is 8.54. The highest BCUT2D eigenvalue weighted by atomic mass is 19.4. The smallest absolute Gasteiger partial charge is 0.345 e. The van der Waals surface area contributed by atoms with Gasteiger partial charge < -0.3 is 10.6 Å². The number of hydrogen-bond donors (Lipinski definition) is 4. The summed E-state index contributed by atoms with van der Waals surface area (Å²) in [6, 6.07) is 7.16. The van der Waals surface area contributed by atoms with Crippen molar-refractivity contribution in [3.8, 4) is 0 Å². The molecule has 3 rings (SSSR count). The van der Waals surface area contributed by atoms with Gasteiger partial charge in [0, 0.05) is 17.9 Å². The Morgan fingerprint density at radius 2 is 1.76 bits per heavy atom. The monoisotopic (exact) mass is 407 g/mol. The largest absolute Gasteiger partial charge is 0.416 e. The molecule has 8 nitrogen and oxygen atoms in total. The van der Waals surface area contributed by atoms with Crippen molar-refractivity contribution >= 4 is 29.2 Å². The van der Waals surface area contributed by atoms with Gasteiger partial charge in [-0.1, -0.05) is 6.07 Å². The SMILES string of the molecule is O=C(NNC(=O)c1cccnc1Nc1cccc(C(F)(F)F)c1)C(=O)NC1CC1. The van der Waals surface area contributed by atoms with Crippen molar-refractivity contribution in [3.63, 3.8) is 0 Å². The van der Waals surface area contributed by atoms with Crippen LogP contribution >= 0.6 is 0 Å². The van der Waals surface area contributed by atoms with Gasteiger partial charge in [-0.3, -0.25) is 25.2 Å². The van der Waals surface area contributed by atoms with Crippen molar-refractivity contribution in [1.29, 1.82) is 0 Å².